The number of amides is 2. The van der Waals surface area contributed by atoms with Crippen LogP contribution in [0.1, 0.15) is 17.4 Å². The van der Waals surface area contributed by atoms with Crippen molar-refractivity contribution in [3.05, 3.63) is 11.9 Å². The molecule has 1 aliphatic rings. The molecule has 2 amide bonds. The maximum absolute atomic E-state index is 13.5. The summed E-state index contributed by atoms with van der Waals surface area (Å²) in [5.41, 5.74) is -1.13. The van der Waals surface area contributed by atoms with Crippen LogP contribution in [0, 0.1) is 0 Å². The number of rotatable bonds is 5. The second kappa shape index (κ2) is 7.56. The van der Waals surface area contributed by atoms with Gasteiger partial charge in [-0.1, -0.05) is 0 Å². The number of alkyl halides is 7. The van der Waals surface area contributed by atoms with Gasteiger partial charge >= 0.3 is 23.9 Å². The zero-order valence-corrected chi connectivity index (χ0v) is 14.3. The van der Waals surface area contributed by atoms with Gasteiger partial charge in [0.1, 0.15) is 5.69 Å². The normalized spacial score (nSPS) is 16.2. The Kier molecular flexibility index (Phi) is 5.92. The van der Waals surface area contributed by atoms with Crippen molar-refractivity contribution in [1.29, 1.82) is 0 Å². The van der Waals surface area contributed by atoms with Crippen molar-refractivity contribution in [3.63, 3.8) is 0 Å². The van der Waals surface area contributed by atoms with Crippen molar-refractivity contribution in [1.82, 2.24) is 14.7 Å². The average Bonchev–Trinajstić information content (AvgIpc) is 3.03. The van der Waals surface area contributed by atoms with Gasteiger partial charge in [-0.25, -0.2) is 0 Å². The lowest BCUT2D eigenvalue weighted by Gasteiger charge is -2.28. The van der Waals surface area contributed by atoms with Gasteiger partial charge in [0.25, 0.3) is 5.91 Å². The smallest absolute Gasteiger partial charge is 0.378 e. The van der Waals surface area contributed by atoms with E-state index in [1.807, 2.05) is 0 Å². The molecule has 0 aliphatic carbocycles. The maximum Gasteiger partial charge on any atom is 0.460 e. The van der Waals surface area contributed by atoms with E-state index in [0.29, 0.717) is 0 Å². The van der Waals surface area contributed by atoms with Crippen molar-refractivity contribution < 1.29 is 45.1 Å². The highest BCUT2D eigenvalue weighted by Crippen LogP contribution is 2.47. The van der Waals surface area contributed by atoms with E-state index >= 15 is 0 Å². The highest BCUT2D eigenvalue weighted by Gasteiger charge is 2.76. The van der Waals surface area contributed by atoms with Gasteiger partial charge in [-0.05, 0) is 6.92 Å². The van der Waals surface area contributed by atoms with E-state index in [2.05, 4.69) is 5.10 Å². The molecule has 1 fully saturated rings. The summed E-state index contributed by atoms with van der Waals surface area (Å²) in [4.78, 5) is 25.4. The summed E-state index contributed by atoms with van der Waals surface area (Å²) in [5.74, 6) is -16.4. The molecular formula is C14H15F7N4O3. The predicted molar refractivity (Wildman–Crippen MR) is 79.2 cm³/mol. The molecule has 14 heteroatoms. The van der Waals surface area contributed by atoms with Crippen LogP contribution in [0.5, 0.6) is 0 Å². The number of nitrogens with zero attached hydrogens (tertiary/aromatic N) is 3. The number of ether oxygens (including phenoxy) is 1. The number of hydrogen-bond acceptors (Lipinski definition) is 4. The zero-order chi connectivity index (χ0) is 21.3. The summed E-state index contributed by atoms with van der Waals surface area (Å²) in [6, 6.07) is 0. The van der Waals surface area contributed by atoms with E-state index in [0.717, 1.165) is 10.9 Å². The first-order valence-corrected chi connectivity index (χ1v) is 7.91. The van der Waals surface area contributed by atoms with Gasteiger partial charge in [0.05, 0.1) is 25.1 Å². The van der Waals surface area contributed by atoms with Crippen molar-refractivity contribution in [3.8, 4) is 0 Å². The Labute approximate surface area is 153 Å². The molecule has 1 aliphatic heterocycles. The lowest BCUT2D eigenvalue weighted by Crippen LogP contribution is -2.57. The molecule has 2 heterocycles. The largest absolute Gasteiger partial charge is 0.460 e. The Bertz CT molecular complexity index is 742. The average molecular weight is 420 g/mol. The molecule has 0 aromatic carbocycles. The predicted octanol–water partition coefficient (Wildman–Crippen LogP) is 2.15. The first-order valence-electron chi connectivity index (χ1n) is 7.91. The summed E-state index contributed by atoms with van der Waals surface area (Å²) in [6.07, 6.45) is -5.94. The van der Waals surface area contributed by atoms with Crippen LogP contribution < -0.4 is 5.32 Å². The maximum atomic E-state index is 13.5. The van der Waals surface area contributed by atoms with Crippen LogP contribution in [0.15, 0.2) is 6.20 Å². The summed E-state index contributed by atoms with van der Waals surface area (Å²) >= 11 is 0. The standard InChI is InChI=1S/C14H15F7N4O3/c1-2-25-9(10(26)24-3-5-28-6-4-24)8(7-22-25)23-11(27)12(15,16)13(17,18)14(19,20)21/h7H,2-6H2,1H3,(H,23,27). The molecule has 28 heavy (non-hydrogen) atoms. The van der Waals surface area contributed by atoms with Crippen LogP contribution >= 0.6 is 0 Å². The highest BCUT2D eigenvalue weighted by molar-refractivity contribution is 6.04. The van der Waals surface area contributed by atoms with Crippen LogP contribution in [-0.4, -0.2) is 70.8 Å². The summed E-state index contributed by atoms with van der Waals surface area (Å²) in [7, 11) is 0. The van der Waals surface area contributed by atoms with Crippen LogP contribution in [0.4, 0.5) is 36.4 Å². The Balaban J connectivity index is 2.32. The van der Waals surface area contributed by atoms with E-state index in [-0.39, 0.29) is 32.8 Å². The number of nitrogens with one attached hydrogen (secondary N) is 1. The van der Waals surface area contributed by atoms with E-state index < -0.39 is 41.2 Å². The van der Waals surface area contributed by atoms with Crippen molar-refractivity contribution in [2.45, 2.75) is 31.5 Å². The first kappa shape index (κ1) is 21.9. The highest BCUT2D eigenvalue weighted by atomic mass is 19.4. The second-order valence-corrected chi connectivity index (χ2v) is 5.73. The number of anilines is 1. The molecule has 0 atom stereocenters. The third-order valence-electron chi connectivity index (χ3n) is 3.92. The number of aryl methyl sites for hydroxylation is 1. The molecular weight excluding hydrogens is 405 g/mol. The Morgan fingerprint density at radius 2 is 1.71 bits per heavy atom. The van der Waals surface area contributed by atoms with E-state index in [4.69, 9.17) is 4.74 Å². The number of carbonyl (C=O) groups excluding carboxylic acids is 2. The fraction of sp³-hybridized carbons (Fsp3) is 0.643. The van der Waals surface area contributed by atoms with Gasteiger partial charge in [0, 0.05) is 19.6 Å². The molecule has 2 rings (SSSR count). The van der Waals surface area contributed by atoms with Gasteiger partial charge in [0.2, 0.25) is 0 Å². The summed E-state index contributed by atoms with van der Waals surface area (Å²) < 4.78 is 95.9. The van der Waals surface area contributed by atoms with Crippen LogP contribution in [0.25, 0.3) is 0 Å². The van der Waals surface area contributed by atoms with E-state index in [9.17, 15) is 40.3 Å². The molecule has 0 radical (unpaired) electrons. The fourth-order valence-corrected chi connectivity index (χ4v) is 2.38. The van der Waals surface area contributed by atoms with Crippen LogP contribution in [0.3, 0.4) is 0 Å². The lowest BCUT2D eigenvalue weighted by atomic mass is 10.1. The third kappa shape index (κ3) is 3.77. The van der Waals surface area contributed by atoms with E-state index in [1.54, 1.807) is 0 Å². The summed E-state index contributed by atoms with van der Waals surface area (Å²) in [5, 5.41) is 4.94. The Hall–Kier alpha value is -2.38. The molecule has 158 valence electrons. The lowest BCUT2D eigenvalue weighted by molar-refractivity contribution is -0.343. The Morgan fingerprint density at radius 1 is 1.14 bits per heavy atom. The second-order valence-electron chi connectivity index (χ2n) is 5.73. The minimum atomic E-state index is -6.66. The molecule has 1 aromatic rings. The number of carbonyl (C=O) groups is 2. The van der Waals surface area contributed by atoms with Crippen molar-refractivity contribution in [2.24, 2.45) is 0 Å². The number of aromatic nitrogens is 2. The van der Waals surface area contributed by atoms with Gasteiger partial charge in [-0.2, -0.15) is 35.8 Å². The van der Waals surface area contributed by atoms with Crippen LogP contribution in [-0.2, 0) is 16.1 Å². The third-order valence-corrected chi connectivity index (χ3v) is 3.92. The van der Waals surface area contributed by atoms with Crippen molar-refractivity contribution >= 4 is 17.5 Å². The number of halogens is 7. The molecule has 0 bridgehead atoms. The zero-order valence-electron chi connectivity index (χ0n) is 14.3. The summed E-state index contributed by atoms with van der Waals surface area (Å²) in [6.45, 7) is 2.18. The first-order chi connectivity index (χ1) is 12.8. The van der Waals surface area contributed by atoms with Gasteiger partial charge in [0.15, 0.2) is 0 Å². The topological polar surface area (TPSA) is 76.5 Å². The minimum Gasteiger partial charge on any atom is -0.378 e. The van der Waals surface area contributed by atoms with Gasteiger partial charge < -0.3 is 15.0 Å². The molecule has 0 spiro atoms. The van der Waals surface area contributed by atoms with Crippen LogP contribution in [0.2, 0.25) is 0 Å². The van der Waals surface area contributed by atoms with E-state index in [1.165, 1.54) is 17.1 Å². The molecule has 1 N–H and O–H groups in total. The Morgan fingerprint density at radius 3 is 2.21 bits per heavy atom. The monoisotopic (exact) mass is 420 g/mol. The van der Waals surface area contributed by atoms with Gasteiger partial charge in [-0.3, -0.25) is 14.3 Å². The molecule has 0 saturated carbocycles. The number of hydrogen-bond donors (Lipinski definition) is 1. The SMILES string of the molecule is CCn1ncc(NC(=O)C(F)(F)C(F)(F)C(F)(F)F)c1C(=O)N1CCOCC1. The quantitative estimate of drug-likeness (QED) is 0.741. The molecule has 1 aromatic heterocycles. The van der Waals surface area contributed by atoms with Gasteiger partial charge in [-0.15, -0.1) is 0 Å². The minimum absolute atomic E-state index is 0.0381. The molecule has 1 saturated heterocycles. The molecule has 7 nitrogen and oxygen atoms in total. The molecule has 0 unspecified atom stereocenters. The van der Waals surface area contributed by atoms with Crippen molar-refractivity contribution in [2.75, 3.05) is 31.6 Å². The fourth-order valence-electron chi connectivity index (χ4n) is 2.38. The number of morpholine rings is 1.